The second-order valence-electron chi connectivity index (χ2n) is 5.69. The van der Waals surface area contributed by atoms with Gasteiger partial charge in [-0.05, 0) is 48.5 Å². The van der Waals surface area contributed by atoms with Gasteiger partial charge in [-0.2, -0.15) is 13.2 Å². The van der Waals surface area contributed by atoms with Crippen molar-refractivity contribution in [2.24, 2.45) is 16.5 Å². The molecule has 0 spiro atoms. The molecule has 11 heteroatoms. The molecule has 0 fully saturated rings. The Morgan fingerprint density at radius 3 is 2.21 bits per heavy atom. The molecule has 7 nitrogen and oxygen atoms in total. The fraction of sp³-hybridized carbons (Fsp3) is 0.0556. The van der Waals surface area contributed by atoms with E-state index in [1.165, 1.54) is 6.07 Å². The highest BCUT2D eigenvalue weighted by atomic mass is 35.5. The molecule has 3 aromatic rings. The summed E-state index contributed by atoms with van der Waals surface area (Å²) in [7, 11) is 0. The maximum absolute atomic E-state index is 12.6. The predicted molar refractivity (Wildman–Crippen MR) is 104 cm³/mol. The van der Waals surface area contributed by atoms with Gasteiger partial charge in [0.25, 0.3) is 5.91 Å². The van der Waals surface area contributed by atoms with Gasteiger partial charge in [0, 0.05) is 17.3 Å². The lowest BCUT2D eigenvalue weighted by molar-refractivity contribution is -0.137. The average molecular weight is 426 g/mol. The molecule has 152 valence electrons. The largest absolute Gasteiger partial charge is 0.416 e. The normalized spacial score (nSPS) is 10.7. The Balaban J connectivity index is 0.00000300. The second kappa shape index (κ2) is 8.65. The molecule has 0 aliphatic carbocycles. The first-order valence-electron chi connectivity index (χ1n) is 7.88. The van der Waals surface area contributed by atoms with Crippen LogP contribution in [0.25, 0.3) is 11.3 Å². The number of guanidine groups is 1. The van der Waals surface area contributed by atoms with Crippen molar-refractivity contribution >= 4 is 35.6 Å². The molecular weight excluding hydrogens is 411 g/mol. The van der Waals surface area contributed by atoms with Gasteiger partial charge in [-0.3, -0.25) is 4.79 Å². The standard InChI is InChI=1S/C18H14F3N5O2.ClH/c19-18(20,21)11-3-7-12(8-4-11)24-16(27)14-9-15(28-26-14)10-1-5-13(6-2-10)25-17(22)23;/h1-9H,(H,24,27)(H4,22,23,25);1H. The van der Waals surface area contributed by atoms with Crippen molar-refractivity contribution in [2.75, 3.05) is 5.32 Å². The zero-order valence-electron chi connectivity index (χ0n) is 14.6. The number of hydrogen-bond donors (Lipinski definition) is 3. The van der Waals surface area contributed by atoms with Crippen molar-refractivity contribution in [3.8, 4) is 11.3 Å². The minimum absolute atomic E-state index is 0. The highest BCUT2D eigenvalue weighted by Crippen LogP contribution is 2.30. The fourth-order valence-electron chi connectivity index (χ4n) is 2.31. The Morgan fingerprint density at radius 1 is 1.03 bits per heavy atom. The molecule has 1 amide bonds. The van der Waals surface area contributed by atoms with Gasteiger partial charge in [-0.15, -0.1) is 12.4 Å². The zero-order chi connectivity index (χ0) is 20.3. The van der Waals surface area contributed by atoms with E-state index in [4.69, 9.17) is 16.0 Å². The van der Waals surface area contributed by atoms with Crippen molar-refractivity contribution in [1.29, 1.82) is 0 Å². The van der Waals surface area contributed by atoms with Crippen LogP contribution in [0.3, 0.4) is 0 Å². The van der Waals surface area contributed by atoms with Crippen LogP contribution in [0.15, 0.2) is 64.1 Å². The first-order valence-corrected chi connectivity index (χ1v) is 7.88. The minimum atomic E-state index is -4.44. The summed E-state index contributed by atoms with van der Waals surface area (Å²) in [6.07, 6.45) is -4.44. The SMILES string of the molecule is Cl.NC(N)=Nc1ccc(-c2cc(C(=O)Nc3ccc(C(F)(F)F)cc3)no2)cc1. The van der Waals surface area contributed by atoms with E-state index in [0.29, 0.717) is 17.0 Å². The van der Waals surface area contributed by atoms with Crippen LogP contribution in [0, 0.1) is 0 Å². The predicted octanol–water partition coefficient (Wildman–Crippen LogP) is 3.94. The zero-order valence-corrected chi connectivity index (χ0v) is 15.4. The van der Waals surface area contributed by atoms with E-state index in [0.717, 1.165) is 24.3 Å². The lowest BCUT2D eigenvalue weighted by atomic mass is 10.1. The number of nitrogens with one attached hydrogen (secondary N) is 1. The topological polar surface area (TPSA) is 120 Å². The number of anilines is 1. The van der Waals surface area contributed by atoms with E-state index in [9.17, 15) is 18.0 Å². The van der Waals surface area contributed by atoms with Gasteiger partial charge in [-0.25, -0.2) is 4.99 Å². The van der Waals surface area contributed by atoms with Crippen LogP contribution in [0.5, 0.6) is 0 Å². The Hall–Kier alpha value is -3.53. The molecule has 0 aliphatic heterocycles. The van der Waals surface area contributed by atoms with Crippen molar-refractivity contribution in [3.05, 3.63) is 65.9 Å². The summed E-state index contributed by atoms with van der Waals surface area (Å²) in [4.78, 5) is 16.1. The van der Waals surface area contributed by atoms with Crippen LogP contribution in [0.4, 0.5) is 24.5 Å². The smallest absolute Gasteiger partial charge is 0.370 e. The van der Waals surface area contributed by atoms with E-state index >= 15 is 0 Å². The van der Waals surface area contributed by atoms with Gasteiger partial charge in [0.05, 0.1) is 11.3 Å². The molecule has 0 bridgehead atoms. The number of amides is 1. The lowest BCUT2D eigenvalue weighted by Gasteiger charge is -2.07. The molecule has 0 aliphatic rings. The molecular formula is C18H15ClF3N5O2. The first kappa shape index (κ1) is 21.8. The van der Waals surface area contributed by atoms with Crippen LogP contribution >= 0.6 is 12.4 Å². The number of hydrogen-bond acceptors (Lipinski definition) is 4. The lowest BCUT2D eigenvalue weighted by Crippen LogP contribution is -2.21. The Morgan fingerprint density at radius 2 is 1.66 bits per heavy atom. The van der Waals surface area contributed by atoms with Crippen molar-refractivity contribution in [1.82, 2.24) is 5.16 Å². The van der Waals surface area contributed by atoms with Crippen molar-refractivity contribution < 1.29 is 22.5 Å². The third-order valence-electron chi connectivity index (χ3n) is 3.62. The summed E-state index contributed by atoms with van der Waals surface area (Å²) < 4.78 is 42.9. The molecule has 3 rings (SSSR count). The Labute approximate surface area is 169 Å². The quantitative estimate of drug-likeness (QED) is 0.432. The third kappa shape index (κ3) is 5.48. The van der Waals surface area contributed by atoms with Crippen LogP contribution in [-0.4, -0.2) is 17.0 Å². The fourth-order valence-corrected chi connectivity index (χ4v) is 2.31. The first-order chi connectivity index (χ1) is 13.2. The Bertz CT molecular complexity index is 1010. The monoisotopic (exact) mass is 425 g/mol. The van der Waals surface area contributed by atoms with Gasteiger partial charge in [0.15, 0.2) is 17.4 Å². The minimum Gasteiger partial charge on any atom is -0.370 e. The summed E-state index contributed by atoms with van der Waals surface area (Å²) in [6, 6.07) is 12.1. The van der Waals surface area contributed by atoms with Gasteiger partial charge in [0.1, 0.15) is 0 Å². The molecule has 0 radical (unpaired) electrons. The summed E-state index contributed by atoms with van der Waals surface area (Å²) in [5, 5.41) is 6.14. The van der Waals surface area contributed by atoms with Gasteiger partial charge >= 0.3 is 6.18 Å². The Kier molecular flexibility index (Phi) is 6.49. The van der Waals surface area contributed by atoms with Gasteiger partial charge in [0.2, 0.25) is 0 Å². The molecule has 1 heterocycles. The highest BCUT2D eigenvalue weighted by molar-refractivity contribution is 6.03. The number of rotatable bonds is 4. The molecule has 0 unspecified atom stereocenters. The maximum atomic E-state index is 12.6. The second-order valence-corrected chi connectivity index (χ2v) is 5.69. The average Bonchev–Trinajstić information content (AvgIpc) is 3.12. The van der Waals surface area contributed by atoms with E-state index < -0.39 is 17.6 Å². The van der Waals surface area contributed by atoms with Crippen LogP contribution in [0.1, 0.15) is 16.1 Å². The number of alkyl halides is 3. The van der Waals surface area contributed by atoms with Crippen LogP contribution < -0.4 is 16.8 Å². The molecule has 2 aromatic carbocycles. The van der Waals surface area contributed by atoms with E-state index in [-0.39, 0.29) is 29.7 Å². The summed E-state index contributed by atoms with van der Waals surface area (Å²) in [6.45, 7) is 0. The number of aliphatic imine (C=N–C) groups is 1. The van der Waals surface area contributed by atoms with Crippen LogP contribution in [-0.2, 0) is 6.18 Å². The number of nitrogens with zero attached hydrogens (tertiary/aromatic N) is 2. The number of halogens is 4. The van der Waals surface area contributed by atoms with Crippen LogP contribution in [0.2, 0.25) is 0 Å². The molecule has 5 N–H and O–H groups in total. The van der Waals surface area contributed by atoms with Gasteiger partial charge < -0.3 is 21.3 Å². The number of aromatic nitrogens is 1. The molecule has 0 saturated heterocycles. The highest BCUT2D eigenvalue weighted by Gasteiger charge is 2.30. The molecule has 29 heavy (non-hydrogen) atoms. The molecule has 1 aromatic heterocycles. The number of nitrogens with two attached hydrogens (primary N) is 2. The van der Waals surface area contributed by atoms with E-state index in [2.05, 4.69) is 15.5 Å². The van der Waals surface area contributed by atoms with Gasteiger partial charge in [-0.1, -0.05) is 5.16 Å². The number of benzene rings is 2. The molecule has 0 saturated carbocycles. The summed E-state index contributed by atoms with van der Waals surface area (Å²) in [5.41, 5.74) is 11.2. The van der Waals surface area contributed by atoms with E-state index in [1.807, 2.05) is 0 Å². The molecule has 0 atom stereocenters. The summed E-state index contributed by atoms with van der Waals surface area (Å²) in [5.74, 6) is -0.365. The maximum Gasteiger partial charge on any atom is 0.416 e. The number of carbonyl (C=O) groups is 1. The van der Waals surface area contributed by atoms with Crippen molar-refractivity contribution in [2.45, 2.75) is 6.18 Å². The van der Waals surface area contributed by atoms with E-state index in [1.54, 1.807) is 24.3 Å². The third-order valence-corrected chi connectivity index (χ3v) is 3.62. The van der Waals surface area contributed by atoms with Crippen molar-refractivity contribution in [3.63, 3.8) is 0 Å². The summed E-state index contributed by atoms with van der Waals surface area (Å²) >= 11 is 0. The number of carbonyl (C=O) groups excluding carboxylic acids is 1.